The lowest BCUT2D eigenvalue weighted by molar-refractivity contribution is -0.384. The number of anilines is 1. The maximum absolute atomic E-state index is 12.3. The van der Waals surface area contributed by atoms with Gasteiger partial charge in [-0.05, 0) is 19.4 Å². The minimum Gasteiger partial charge on any atom is -0.387 e. The predicted octanol–water partition coefficient (Wildman–Crippen LogP) is 3.34. The Hall–Kier alpha value is -2.11. The van der Waals surface area contributed by atoms with E-state index in [1.807, 2.05) is 6.92 Å². The van der Waals surface area contributed by atoms with E-state index in [1.54, 1.807) is 13.1 Å². The molecule has 0 saturated carbocycles. The Morgan fingerprint density at radius 3 is 2.67 bits per heavy atom. The van der Waals surface area contributed by atoms with Crippen molar-refractivity contribution in [1.82, 2.24) is 5.32 Å². The Kier molecular flexibility index (Phi) is 6.65. The average molecular weight is 293 g/mol. The second-order valence-electron chi connectivity index (χ2n) is 5.11. The van der Waals surface area contributed by atoms with Crippen LogP contribution in [-0.2, 0) is 0 Å². The van der Waals surface area contributed by atoms with E-state index in [0.717, 1.165) is 25.7 Å². The average Bonchev–Trinajstić information content (AvgIpc) is 2.46. The van der Waals surface area contributed by atoms with Crippen molar-refractivity contribution in [1.29, 1.82) is 0 Å². The SMILES string of the molecule is CCCCCC(C)NC(=O)c1cc([N+](=O)[O-])ccc1NC. The number of nitrogens with zero attached hydrogens (tertiary/aromatic N) is 1. The van der Waals surface area contributed by atoms with Crippen LogP contribution < -0.4 is 10.6 Å². The molecule has 0 aromatic heterocycles. The summed E-state index contributed by atoms with van der Waals surface area (Å²) in [5, 5.41) is 16.6. The van der Waals surface area contributed by atoms with Crippen molar-refractivity contribution in [3.63, 3.8) is 0 Å². The summed E-state index contributed by atoms with van der Waals surface area (Å²) in [5.74, 6) is -0.285. The van der Waals surface area contributed by atoms with Gasteiger partial charge in [-0.3, -0.25) is 14.9 Å². The molecule has 0 bridgehead atoms. The fourth-order valence-electron chi connectivity index (χ4n) is 2.13. The molecule has 2 N–H and O–H groups in total. The maximum Gasteiger partial charge on any atom is 0.270 e. The van der Waals surface area contributed by atoms with Crippen molar-refractivity contribution >= 4 is 17.3 Å². The van der Waals surface area contributed by atoms with E-state index in [1.165, 1.54) is 12.1 Å². The summed E-state index contributed by atoms with van der Waals surface area (Å²) in [6, 6.07) is 4.29. The Balaban J connectivity index is 2.80. The highest BCUT2D eigenvalue weighted by Crippen LogP contribution is 2.22. The fraction of sp³-hybridized carbons (Fsp3) is 0.533. The molecular weight excluding hydrogens is 270 g/mol. The normalized spacial score (nSPS) is 11.8. The molecule has 0 aliphatic heterocycles. The van der Waals surface area contributed by atoms with Gasteiger partial charge in [0.05, 0.1) is 10.5 Å². The molecule has 1 atom stereocenters. The van der Waals surface area contributed by atoms with Crippen LogP contribution in [0.3, 0.4) is 0 Å². The molecule has 1 aromatic rings. The minimum atomic E-state index is -0.499. The van der Waals surface area contributed by atoms with Gasteiger partial charge in [-0.2, -0.15) is 0 Å². The van der Waals surface area contributed by atoms with Gasteiger partial charge in [-0.1, -0.05) is 26.2 Å². The zero-order valence-corrected chi connectivity index (χ0v) is 12.8. The van der Waals surface area contributed by atoms with Gasteiger partial charge in [0.1, 0.15) is 0 Å². The van der Waals surface area contributed by atoms with Gasteiger partial charge in [0, 0.05) is 30.9 Å². The van der Waals surface area contributed by atoms with Crippen LogP contribution in [0.2, 0.25) is 0 Å². The molecule has 21 heavy (non-hydrogen) atoms. The minimum absolute atomic E-state index is 0.0491. The summed E-state index contributed by atoms with van der Waals surface area (Å²) in [7, 11) is 1.68. The van der Waals surface area contributed by atoms with E-state index >= 15 is 0 Å². The Morgan fingerprint density at radius 1 is 1.38 bits per heavy atom. The van der Waals surface area contributed by atoms with Gasteiger partial charge >= 0.3 is 0 Å². The molecule has 1 aromatic carbocycles. The van der Waals surface area contributed by atoms with Crippen molar-refractivity contribution in [3.05, 3.63) is 33.9 Å². The fourth-order valence-corrected chi connectivity index (χ4v) is 2.13. The van der Waals surface area contributed by atoms with Gasteiger partial charge in [0.15, 0.2) is 0 Å². The Labute approximate surface area is 125 Å². The molecule has 1 rings (SSSR count). The van der Waals surface area contributed by atoms with Crippen LogP contribution in [0.15, 0.2) is 18.2 Å². The van der Waals surface area contributed by atoms with Gasteiger partial charge in [0.25, 0.3) is 11.6 Å². The summed E-state index contributed by atoms with van der Waals surface area (Å²) in [6.45, 7) is 4.08. The number of rotatable bonds is 8. The van der Waals surface area contributed by atoms with Crippen LogP contribution in [0.1, 0.15) is 49.9 Å². The molecule has 1 amide bonds. The quantitative estimate of drug-likeness (QED) is 0.437. The maximum atomic E-state index is 12.3. The van der Waals surface area contributed by atoms with Crippen LogP contribution in [0.4, 0.5) is 11.4 Å². The molecule has 0 radical (unpaired) electrons. The lowest BCUT2D eigenvalue weighted by Gasteiger charge is -2.15. The second-order valence-corrected chi connectivity index (χ2v) is 5.11. The molecule has 0 fully saturated rings. The molecule has 0 spiro atoms. The van der Waals surface area contributed by atoms with Crippen LogP contribution in [0, 0.1) is 10.1 Å². The number of nitro benzene ring substituents is 1. The highest BCUT2D eigenvalue weighted by molar-refractivity contribution is 6.00. The molecule has 0 aliphatic rings. The van der Waals surface area contributed by atoms with Crippen molar-refractivity contribution in [2.24, 2.45) is 0 Å². The number of benzene rings is 1. The zero-order chi connectivity index (χ0) is 15.8. The van der Waals surface area contributed by atoms with E-state index in [0.29, 0.717) is 11.3 Å². The smallest absolute Gasteiger partial charge is 0.270 e. The number of non-ortho nitro benzene ring substituents is 1. The lowest BCUT2D eigenvalue weighted by Crippen LogP contribution is -2.33. The summed E-state index contributed by atoms with van der Waals surface area (Å²) in [5.41, 5.74) is 0.797. The molecule has 0 heterocycles. The van der Waals surface area contributed by atoms with Gasteiger partial charge in [-0.15, -0.1) is 0 Å². The third kappa shape index (κ3) is 5.06. The first-order valence-electron chi connectivity index (χ1n) is 7.26. The number of nitrogens with one attached hydrogen (secondary N) is 2. The topological polar surface area (TPSA) is 84.3 Å². The molecular formula is C15H23N3O3. The summed E-state index contributed by atoms with van der Waals surface area (Å²) < 4.78 is 0. The standard InChI is InChI=1S/C15H23N3O3/c1-4-5-6-7-11(2)17-15(19)13-10-12(18(20)21)8-9-14(13)16-3/h8-11,16H,4-7H2,1-3H3,(H,17,19). The first-order valence-corrected chi connectivity index (χ1v) is 7.26. The van der Waals surface area contributed by atoms with E-state index in [9.17, 15) is 14.9 Å². The van der Waals surface area contributed by atoms with E-state index in [4.69, 9.17) is 0 Å². The number of nitro groups is 1. The first kappa shape index (κ1) is 16.9. The van der Waals surface area contributed by atoms with Crippen molar-refractivity contribution < 1.29 is 9.72 Å². The Morgan fingerprint density at radius 2 is 2.10 bits per heavy atom. The number of hydrogen-bond acceptors (Lipinski definition) is 4. The Bertz CT molecular complexity index is 503. The van der Waals surface area contributed by atoms with Crippen LogP contribution in [0.25, 0.3) is 0 Å². The number of carbonyl (C=O) groups excluding carboxylic acids is 1. The summed E-state index contributed by atoms with van der Waals surface area (Å²) in [4.78, 5) is 22.6. The molecule has 0 aliphatic carbocycles. The summed E-state index contributed by atoms with van der Waals surface area (Å²) >= 11 is 0. The molecule has 6 nitrogen and oxygen atoms in total. The van der Waals surface area contributed by atoms with Gasteiger partial charge < -0.3 is 10.6 Å². The molecule has 6 heteroatoms. The number of carbonyl (C=O) groups is 1. The third-order valence-electron chi connectivity index (χ3n) is 3.35. The van der Waals surface area contributed by atoms with Crippen LogP contribution in [-0.4, -0.2) is 23.9 Å². The highest BCUT2D eigenvalue weighted by Gasteiger charge is 2.17. The monoisotopic (exact) mass is 293 g/mol. The molecule has 1 unspecified atom stereocenters. The van der Waals surface area contributed by atoms with Gasteiger partial charge in [-0.25, -0.2) is 0 Å². The van der Waals surface area contributed by atoms with Crippen molar-refractivity contribution in [2.45, 2.75) is 45.6 Å². The first-order chi connectivity index (χ1) is 9.99. The lowest BCUT2D eigenvalue weighted by atomic mass is 10.1. The second kappa shape index (κ2) is 8.24. The zero-order valence-electron chi connectivity index (χ0n) is 12.8. The van der Waals surface area contributed by atoms with Crippen molar-refractivity contribution in [3.8, 4) is 0 Å². The van der Waals surface area contributed by atoms with Crippen molar-refractivity contribution in [2.75, 3.05) is 12.4 Å². The van der Waals surface area contributed by atoms with Crippen LogP contribution in [0.5, 0.6) is 0 Å². The van der Waals surface area contributed by atoms with E-state index in [2.05, 4.69) is 17.6 Å². The molecule has 116 valence electrons. The number of hydrogen-bond donors (Lipinski definition) is 2. The predicted molar refractivity (Wildman–Crippen MR) is 83.7 cm³/mol. The largest absolute Gasteiger partial charge is 0.387 e. The van der Waals surface area contributed by atoms with Crippen LogP contribution >= 0.6 is 0 Å². The van der Waals surface area contributed by atoms with E-state index in [-0.39, 0.29) is 17.6 Å². The summed E-state index contributed by atoms with van der Waals surface area (Å²) in [6.07, 6.45) is 4.24. The van der Waals surface area contributed by atoms with E-state index < -0.39 is 4.92 Å². The number of unbranched alkanes of at least 4 members (excludes halogenated alkanes) is 2. The van der Waals surface area contributed by atoms with Gasteiger partial charge in [0.2, 0.25) is 0 Å². The highest BCUT2D eigenvalue weighted by atomic mass is 16.6. The number of amides is 1. The molecule has 0 saturated heterocycles. The third-order valence-corrected chi connectivity index (χ3v) is 3.35.